The highest BCUT2D eigenvalue weighted by Gasteiger charge is 2.37. The number of aromatic nitrogens is 2. The first-order chi connectivity index (χ1) is 8.05. The molecule has 1 aromatic rings. The van der Waals surface area contributed by atoms with E-state index in [1.807, 2.05) is 13.1 Å². The van der Waals surface area contributed by atoms with Crippen molar-refractivity contribution in [3.05, 3.63) is 11.9 Å². The molecule has 2 rings (SSSR count). The van der Waals surface area contributed by atoms with Gasteiger partial charge in [0.15, 0.2) is 0 Å². The largest absolute Gasteiger partial charge is 0.373 e. The summed E-state index contributed by atoms with van der Waals surface area (Å²) in [6.45, 7) is 6.57. The summed E-state index contributed by atoms with van der Waals surface area (Å²) in [7, 11) is 1.89. The number of aryl methyl sites for hydroxylation is 1. The lowest BCUT2D eigenvalue weighted by atomic mass is 9.99. The molecule has 1 aliphatic rings. The van der Waals surface area contributed by atoms with E-state index in [9.17, 15) is 0 Å². The number of hydrogen-bond acceptors (Lipinski definition) is 4. The van der Waals surface area contributed by atoms with Crippen LogP contribution in [0.4, 0.5) is 11.6 Å². The summed E-state index contributed by atoms with van der Waals surface area (Å²) in [5.41, 5.74) is 0.129. The van der Waals surface area contributed by atoms with E-state index in [-0.39, 0.29) is 5.54 Å². The Bertz CT molecular complexity index is 374. The molecule has 0 spiro atoms. The van der Waals surface area contributed by atoms with E-state index in [0.717, 1.165) is 29.8 Å². The fraction of sp³-hybridized carbons (Fsp3) is 0.692. The molecule has 1 aromatic heterocycles. The molecular formula is C13H22N4. The molecule has 4 heteroatoms. The first-order valence-corrected chi connectivity index (χ1v) is 6.39. The molecule has 0 aromatic carbocycles. The van der Waals surface area contributed by atoms with Gasteiger partial charge in [-0.15, -0.1) is 0 Å². The third-order valence-electron chi connectivity index (χ3n) is 3.39. The van der Waals surface area contributed by atoms with E-state index >= 15 is 0 Å². The van der Waals surface area contributed by atoms with Crippen molar-refractivity contribution in [3.63, 3.8) is 0 Å². The van der Waals surface area contributed by atoms with Gasteiger partial charge in [-0.25, -0.2) is 9.97 Å². The lowest BCUT2D eigenvalue weighted by molar-refractivity contribution is 0.492. The van der Waals surface area contributed by atoms with E-state index in [2.05, 4.69) is 41.4 Å². The van der Waals surface area contributed by atoms with Crippen LogP contribution in [0.15, 0.2) is 6.07 Å². The standard InChI is InChI=1S/C13H22N4/c1-5-10-15-11(14-4)8-12(16-10)17-13(2,3)9-6-7-9/h8-9H,5-7H2,1-4H3,(H2,14,15,16,17). The molecule has 0 atom stereocenters. The molecule has 1 saturated carbocycles. The predicted molar refractivity (Wildman–Crippen MR) is 71.4 cm³/mol. The molecule has 1 heterocycles. The zero-order valence-corrected chi connectivity index (χ0v) is 11.2. The number of rotatable bonds is 5. The molecule has 2 N–H and O–H groups in total. The van der Waals surface area contributed by atoms with Crippen LogP contribution in [0.3, 0.4) is 0 Å². The summed E-state index contributed by atoms with van der Waals surface area (Å²) < 4.78 is 0. The molecule has 0 bridgehead atoms. The second kappa shape index (κ2) is 4.51. The van der Waals surface area contributed by atoms with E-state index in [4.69, 9.17) is 0 Å². The summed E-state index contributed by atoms with van der Waals surface area (Å²) >= 11 is 0. The average molecular weight is 234 g/mol. The van der Waals surface area contributed by atoms with Crippen LogP contribution < -0.4 is 10.6 Å². The average Bonchev–Trinajstić information content (AvgIpc) is 3.11. The van der Waals surface area contributed by atoms with E-state index in [1.165, 1.54) is 12.8 Å². The van der Waals surface area contributed by atoms with Crippen molar-refractivity contribution in [2.75, 3.05) is 17.7 Å². The van der Waals surface area contributed by atoms with Crippen molar-refractivity contribution < 1.29 is 0 Å². The topological polar surface area (TPSA) is 49.8 Å². The fourth-order valence-electron chi connectivity index (χ4n) is 2.08. The smallest absolute Gasteiger partial charge is 0.132 e. The molecule has 17 heavy (non-hydrogen) atoms. The van der Waals surface area contributed by atoms with Gasteiger partial charge in [-0.1, -0.05) is 6.92 Å². The lowest BCUT2D eigenvalue weighted by Gasteiger charge is -2.27. The molecule has 4 nitrogen and oxygen atoms in total. The minimum atomic E-state index is 0.129. The Balaban J connectivity index is 2.19. The van der Waals surface area contributed by atoms with E-state index in [1.54, 1.807) is 0 Å². The van der Waals surface area contributed by atoms with Gasteiger partial charge in [0.1, 0.15) is 17.5 Å². The quantitative estimate of drug-likeness (QED) is 0.822. The molecule has 94 valence electrons. The Kier molecular flexibility index (Phi) is 3.22. The minimum absolute atomic E-state index is 0.129. The molecule has 0 saturated heterocycles. The van der Waals surface area contributed by atoms with Crippen LogP contribution in [0.2, 0.25) is 0 Å². The van der Waals surface area contributed by atoms with Crippen molar-refractivity contribution in [1.82, 2.24) is 9.97 Å². The highest BCUT2D eigenvalue weighted by molar-refractivity contribution is 5.48. The summed E-state index contributed by atoms with van der Waals surface area (Å²) in [5, 5.41) is 6.62. The van der Waals surface area contributed by atoms with E-state index in [0.29, 0.717) is 0 Å². The number of anilines is 2. The third kappa shape index (κ3) is 2.87. The van der Waals surface area contributed by atoms with Crippen LogP contribution in [0.25, 0.3) is 0 Å². The Morgan fingerprint density at radius 3 is 2.47 bits per heavy atom. The lowest BCUT2D eigenvalue weighted by Crippen LogP contribution is -2.33. The Morgan fingerprint density at radius 2 is 1.94 bits per heavy atom. The predicted octanol–water partition coefficient (Wildman–Crippen LogP) is 2.68. The van der Waals surface area contributed by atoms with Gasteiger partial charge in [0, 0.05) is 25.1 Å². The van der Waals surface area contributed by atoms with Crippen LogP contribution in [-0.4, -0.2) is 22.6 Å². The van der Waals surface area contributed by atoms with Gasteiger partial charge < -0.3 is 10.6 Å². The second-order valence-corrected chi connectivity index (χ2v) is 5.28. The summed E-state index contributed by atoms with van der Waals surface area (Å²) in [6.07, 6.45) is 3.50. The Labute approximate surface area is 103 Å². The van der Waals surface area contributed by atoms with Crippen LogP contribution in [0.1, 0.15) is 39.4 Å². The van der Waals surface area contributed by atoms with Crippen molar-refractivity contribution in [2.24, 2.45) is 5.92 Å². The van der Waals surface area contributed by atoms with E-state index < -0.39 is 0 Å². The van der Waals surface area contributed by atoms with Crippen molar-refractivity contribution in [1.29, 1.82) is 0 Å². The van der Waals surface area contributed by atoms with Gasteiger partial charge in [0.05, 0.1) is 0 Å². The summed E-state index contributed by atoms with van der Waals surface area (Å²) in [6, 6.07) is 1.98. The minimum Gasteiger partial charge on any atom is -0.373 e. The third-order valence-corrected chi connectivity index (χ3v) is 3.39. The summed E-state index contributed by atoms with van der Waals surface area (Å²) in [4.78, 5) is 8.93. The monoisotopic (exact) mass is 234 g/mol. The maximum atomic E-state index is 4.53. The zero-order valence-electron chi connectivity index (χ0n) is 11.2. The summed E-state index contributed by atoms with van der Waals surface area (Å²) in [5.74, 6) is 3.47. The molecule has 0 amide bonds. The van der Waals surface area contributed by atoms with Gasteiger partial charge >= 0.3 is 0 Å². The molecule has 0 aliphatic heterocycles. The maximum Gasteiger partial charge on any atom is 0.132 e. The Hall–Kier alpha value is -1.32. The fourth-order valence-corrected chi connectivity index (χ4v) is 2.08. The van der Waals surface area contributed by atoms with Crippen molar-refractivity contribution in [2.45, 2.75) is 45.6 Å². The number of nitrogens with one attached hydrogen (secondary N) is 2. The number of nitrogens with zero attached hydrogens (tertiary/aromatic N) is 2. The highest BCUT2D eigenvalue weighted by Crippen LogP contribution is 2.40. The van der Waals surface area contributed by atoms with Crippen LogP contribution in [0, 0.1) is 5.92 Å². The van der Waals surface area contributed by atoms with Crippen molar-refractivity contribution >= 4 is 11.6 Å². The normalized spacial score (nSPS) is 15.8. The molecule has 1 fully saturated rings. The zero-order chi connectivity index (χ0) is 12.5. The van der Waals surface area contributed by atoms with Gasteiger partial charge in [0.2, 0.25) is 0 Å². The molecule has 0 radical (unpaired) electrons. The molecular weight excluding hydrogens is 212 g/mol. The van der Waals surface area contributed by atoms with Gasteiger partial charge in [-0.05, 0) is 32.6 Å². The Morgan fingerprint density at radius 1 is 1.29 bits per heavy atom. The first-order valence-electron chi connectivity index (χ1n) is 6.39. The van der Waals surface area contributed by atoms with Gasteiger partial charge in [0.25, 0.3) is 0 Å². The SMILES string of the molecule is CCc1nc(NC)cc(NC(C)(C)C2CC2)n1. The molecule has 0 unspecified atom stereocenters. The second-order valence-electron chi connectivity index (χ2n) is 5.28. The maximum absolute atomic E-state index is 4.53. The number of hydrogen-bond donors (Lipinski definition) is 2. The first kappa shape index (κ1) is 12.1. The highest BCUT2D eigenvalue weighted by atomic mass is 15.1. The van der Waals surface area contributed by atoms with Crippen LogP contribution >= 0.6 is 0 Å². The van der Waals surface area contributed by atoms with Crippen LogP contribution in [-0.2, 0) is 6.42 Å². The van der Waals surface area contributed by atoms with Gasteiger partial charge in [-0.3, -0.25) is 0 Å². The van der Waals surface area contributed by atoms with Crippen molar-refractivity contribution in [3.8, 4) is 0 Å². The molecule has 1 aliphatic carbocycles. The van der Waals surface area contributed by atoms with Crippen LogP contribution in [0.5, 0.6) is 0 Å². The van der Waals surface area contributed by atoms with Gasteiger partial charge in [-0.2, -0.15) is 0 Å².